The van der Waals surface area contributed by atoms with Crippen molar-refractivity contribution in [3.63, 3.8) is 0 Å². The van der Waals surface area contributed by atoms with Crippen molar-refractivity contribution in [1.82, 2.24) is 25.2 Å². The number of hydrogen-bond donors (Lipinski definition) is 2. The summed E-state index contributed by atoms with van der Waals surface area (Å²) in [7, 11) is 0. The SMILES string of the molecule is CC#Cc1nc(-c2cc(O)cc3ccc(F)c(CC)c23)c(F)c2nc(OC[C@@H]3CCCN3C(C)C)nc(N3C[C@H]4CC[C@@H](C3)N4)c12. The smallest absolute Gasteiger partial charge is 0.319 e. The first-order valence-corrected chi connectivity index (χ1v) is 16.4. The minimum atomic E-state index is -0.689. The summed E-state index contributed by atoms with van der Waals surface area (Å²) in [5.41, 5.74) is 1.03. The van der Waals surface area contributed by atoms with Gasteiger partial charge in [-0.25, -0.2) is 13.8 Å². The van der Waals surface area contributed by atoms with Gasteiger partial charge in [0.2, 0.25) is 0 Å². The molecule has 2 bridgehead atoms. The van der Waals surface area contributed by atoms with Crippen LogP contribution in [0.2, 0.25) is 0 Å². The molecule has 0 unspecified atom stereocenters. The summed E-state index contributed by atoms with van der Waals surface area (Å²) in [6.45, 7) is 10.8. The molecule has 0 saturated carbocycles. The zero-order valence-electron chi connectivity index (χ0n) is 26.8. The monoisotopic (exact) mass is 626 g/mol. The van der Waals surface area contributed by atoms with E-state index in [4.69, 9.17) is 19.7 Å². The molecule has 0 spiro atoms. The topological polar surface area (TPSA) is 86.6 Å². The lowest BCUT2D eigenvalue weighted by Gasteiger charge is -2.34. The fourth-order valence-corrected chi connectivity index (χ4v) is 7.71. The van der Waals surface area contributed by atoms with Crippen molar-refractivity contribution in [3.8, 4) is 34.9 Å². The average Bonchev–Trinajstić information content (AvgIpc) is 3.66. The van der Waals surface area contributed by atoms with Gasteiger partial charge in [-0.05, 0) is 99.9 Å². The number of likely N-dealkylation sites (tertiary alicyclic amines) is 1. The number of anilines is 1. The van der Waals surface area contributed by atoms with Crippen LogP contribution in [0.15, 0.2) is 24.3 Å². The molecule has 10 heteroatoms. The number of phenols is 1. The summed E-state index contributed by atoms with van der Waals surface area (Å²) in [6.07, 6.45) is 4.63. The van der Waals surface area contributed by atoms with Gasteiger partial charge in [-0.2, -0.15) is 9.97 Å². The van der Waals surface area contributed by atoms with Gasteiger partial charge in [0.15, 0.2) is 5.82 Å². The number of nitrogens with zero attached hydrogens (tertiary/aromatic N) is 5. The number of aromatic nitrogens is 3. The second-order valence-electron chi connectivity index (χ2n) is 13.0. The molecular formula is C36H40F2N6O2. The summed E-state index contributed by atoms with van der Waals surface area (Å²) in [5, 5.41) is 15.9. The standard InChI is InChI=1S/C36H40F2N6O2/c1-5-8-29-31-34(32(38)33(40-29)27-16-25(45)15-21-10-13-28(37)26(6-2)30(21)27)41-36(46-19-24-9-7-14-44(24)20(3)4)42-35(31)43-17-22-11-12-23(18-43)39-22/h10,13,15-16,20,22-24,39,45H,6-7,9,11-12,14,17-19H2,1-4H3/t22-,23+,24-/m0/s1. The quantitative estimate of drug-likeness (QED) is 0.243. The van der Waals surface area contributed by atoms with Gasteiger partial charge in [0.05, 0.1) is 5.39 Å². The number of halogens is 2. The third-order valence-corrected chi connectivity index (χ3v) is 9.76. The summed E-state index contributed by atoms with van der Waals surface area (Å²) in [4.78, 5) is 19.0. The highest BCUT2D eigenvalue weighted by molar-refractivity contribution is 6.03. The highest BCUT2D eigenvalue weighted by Gasteiger charge is 2.35. The molecule has 3 atom stereocenters. The first-order chi connectivity index (χ1) is 22.2. The molecule has 4 aromatic rings. The Morgan fingerprint density at radius 2 is 1.85 bits per heavy atom. The van der Waals surface area contributed by atoms with E-state index in [9.17, 15) is 5.11 Å². The number of nitrogens with one attached hydrogen (secondary N) is 1. The van der Waals surface area contributed by atoms with Gasteiger partial charge >= 0.3 is 6.01 Å². The molecule has 7 rings (SSSR count). The van der Waals surface area contributed by atoms with Crippen LogP contribution in [-0.4, -0.2) is 75.4 Å². The summed E-state index contributed by atoms with van der Waals surface area (Å²) in [6, 6.07) is 7.29. The number of pyridine rings is 1. The van der Waals surface area contributed by atoms with E-state index in [0.29, 0.717) is 77.5 Å². The van der Waals surface area contributed by atoms with Crippen molar-refractivity contribution in [1.29, 1.82) is 0 Å². The Balaban J connectivity index is 1.44. The van der Waals surface area contributed by atoms with Crippen molar-refractivity contribution in [3.05, 3.63) is 47.2 Å². The minimum absolute atomic E-state index is 0.0479. The lowest BCUT2D eigenvalue weighted by atomic mass is 9.94. The molecule has 8 nitrogen and oxygen atoms in total. The lowest BCUT2D eigenvalue weighted by Crippen LogP contribution is -2.51. The molecule has 2 aromatic heterocycles. The second-order valence-corrected chi connectivity index (χ2v) is 13.0. The summed E-state index contributed by atoms with van der Waals surface area (Å²) in [5.74, 6) is 5.43. The Bertz CT molecular complexity index is 1870. The van der Waals surface area contributed by atoms with Crippen LogP contribution in [0.5, 0.6) is 11.8 Å². The molecule has 3 aliphatic heterocycles. The van der Waals surface area contributed by atoms with E-state index in [1.165, 1.54) is 12.1 Å². The van der Waals surface area contributed by atoms with Crippen LogP contribution in [0.1, 0.15) is 64.6 Å². The highest BCUT2D eigenvalue weighted by atomic mass is 19.1. The summed E-state index contributed by atoms with van der Waals surface area (Å²) >= 11 is 0. The number of benzene rings is 2. The Labute approximate surface area is 268 Å². The fourth-order valence-electron chi connectivity index (χ4n) is 7.71. The third kappa shape index (κ3) is 5.39. The van der Waals surface area contributed by atoms with E-state index in [0.717, 1.165) is 32.2 Å². The van der Waals surface area contributed by atoms with Crippen molar-refractivity contribution >= 4 is 27.5 Å². The van der Waals surface area contributed by atoms with Gasteiger partial charge in [0.25, 0.3) is 0 Å². The maximum atomic E-state index is 17.1. The Kier molecular flexibility index (Phi) is 8.16. The van der Waals surface area contributed by atoms with Crippen LogP contribution in [0, 0.1) is 23.5 Å². The van der Waals surface area contributed by atoms with Crippen LogP contribution >= 0.6 is 0 Å². The number of aryl methyl sites for hydroxylation is 1. The molecule has 2 aromatic carbocycles. The lowest BCUT2D eigenvalue weighted by molar-refractivity contribution is 0.138. The molecule has 3 fully saturated rings. The van der Waals surface area contributed by atoms with Crippen LogP contribution in [0.4, 0.5) is 14.6 Å². The molecule has 0 aliphatic carbocycles. The molecule has 46 heavy (non-hydrogen) atoms. The van der Waals surface area contributed by atoms with Crippen molar-refractivity contribution in [2.24, 2.45) is 0 Å². The first-order valence-electron chi connectivity index (χ1n) is 16.4. The van der Waals surface area contributed by atoms with Crippen LogP contribution in [-0.2, 0) is 6.42 Å². The van der Waals surface area contributed by atoms with Gasteiger partial charge in [-0.15, -0.1) is 0 Å². The third-order valence-electron chi connectivity index (χ3n) is 9.76. The molecule has 3 saturated heterocycles. The van der Waals surface area contributed by atoms with Gasteiger partial charge in [-0.3, -0.25) is 4.90 Å². The van der Waals surface area contributed by atoms with Crippen LogP contribution in [0.3, 0.4) is 0 Å². The van der Waals surface area contributed by atoms with Crippen molar-refractivity contribution in [2.75, 3.05) is 31.1 Å². The number of phenolic OH excluding ortho intramolecular Hbond substituents is 1. The molecule has 3 aliphatic rings. The average molecular weight is 627 g/mol. The zero-order valence-corrected chi connectivity index (χ0v) is 26.8. The Hall–Kier alpha value is -4.07. The number of hydrogen-bond acceptors (Lipinski definition) is 8. The minimum Gasteiger partial charge on any atom is -0.508 e. The predicted octanol–water partition coefficient (Wildman–Crippen LogP) is 5.95. The molecule has 0 radical (unpaired) electrons. The van der Waals surface area contributed by atoms with E-state index < -0.39 is 11.6 Å². The van der Waals surface area contributed by atoms with Gasteiger partial charge in [0.1, 0.15) is 40.9 Å². The highest BCUT2D eigenvalue weighted by Crippen LogP contribution is 2.40. The Morgan fingerprint density at radius 3 is 2.57 bits per heavy atom. The second kappa shape index (κ2) is 12.3. The van der Waals surface area contributed by atoms with E-state index >= 15 is 8.78 Å². The van der Waals surface area contributed by atoms with Gasteiger partial charge < -0.3 is 20.1 Å². The predicted molar refractivity (Wildman–Crippen MR) is 176 cm³/mol. The molecule has 0 amide bonds. The number of piperazine rings is 1. The van der Waals surface area contributed by atoms with Crippen LogP contribution < -0.4 is 15.0 Å². The van der Waals surface area contributed by atoms with Crippen molar-refractivity contribution < 1.29 is 18.6 Å². The van der Waals surface area contributed by atoms with Crippen LogP contribution in [0.25, 0.3) is 32.9 Å². The van der Waals surface area contributed by atoms with E-state index in [-0.39, 0.29) is 34.6 Å². The van der Waals surface area contributed by atoms with E-state index in [1.54, 1.807) is 19.1 Å². The Morgan fingerprint density at radius 1 is 1.07 bits per heavy atom. The maximum Gasteiger partial charge on any atom is 0.319 e. The molecule has 5 heterocycles. The number of ether oxygens (including phenoxy) is 1. The molecular weight excluding hydrogens is 586 g/mol. The molecule has 240 valence electrons. The first kappa shape index (κ1) is 30.6. The maximum absolute atomic E-state index is 17.1. The molecule has 2 N–H and O–H groups in total. The number of fused-ring (bicyclic) bond motifs is 4. The van der Waals surface area contributed by atoms with E-state index in [2.05, 4.69) is 40.8 Å². The summed E-state index contributed by atoms with van der Waals surface area (Å²) < 4.78 is 38.5. The fraction of sp³-hybridized carbons (Fsp3) is 0.472. The van der Waals surface area contributed by atoms with Gasteiger partial charge in [-0.1, -0.05) is 18.9 Å². The van der Waals surface area contributed by atoms with E-state index in [1.807, 2.05) is 6.92 Å². The zero-order chi connectivity index (χ0) is 32.1. The number of aromatic hydroxyl groups is 1. The van der Waals surface area contributed by atoms with Gasteiger partial charge in [0, 0.05) is 42.8 Å². The normalized spacial score (nSPS) is 21.4. The number of rotatable bonds is 7. The largest absolute Gasteiger partial charge is 0.508 e. The van der Waals surface area contributed by atoms with Crippen molar-refractivity contribution in [2.45, 2.75) is 84.0 Å².